The predicted octanol–water partition coefficient (Wildman–Crippen LogP) is 4.49. The summed E-state index contributed by atoms with van der Waals surface area (Å²) in [5.74, 6) is 0.422. The van der Waals surface area contributed by atoms with Crippen LogP contribution in [0.4, 0.5) is 5.82 Å². The van der Waals surface area contributed by atoms with Crippen LogP contribution in [0.5, 0.6) is 0 Å². The highest BCUT2D eigenvalue weighted by atomic mass is 31.2. The molecule has 0 bridgehead atoms. The van der Waals surface area contributed by atoms with Gasteiger partial charge >= 0.3 is 5.69 Å². The fourth-order valence-corrected chi connectivity index (χ4v) is 7.55. The van der Waals surface area contributed by atoms with E-state index in [0.717, 1.165) is 31.4 Å². The molecule has 0 aliphatic carbocycles. The van der Waals surface area contributed by atoms with E-state index in [1.807, 2.05) is 27.1 Å². The average Bonchev–Trinajstić information content (AvgIpc) is 3.57. The summed E-state index contributed by atoms with van der Waals surface area (Å²) in [6.07, 6.45) is 6.31. The Bertz CT molecular complexity index is 1160. The molecule has 10 heteroatoms. The lowest BCUT2D eigenvalue weighted by molar-refractivity contribution is -0.0198. The van der Waals surface area contributed by atoms with Gasteiger partial charge in [-0.25, -0.2) is 14.5 Å². The van der Waals surface area contributed by atoms with E-state index in [9.17, 15) is 4.79 Å². The molecule has 1 aromatic heterocycles. The Morgan fingerprint density at radius 2 is 2.11 bits per heavy atom. The normalized spacial score (nSPS) is 32.4. The minimum Gasteiger partial charge on any atom is -0.369 e. The first-order chi connectivity index (χ1) is 17.3. The van der Waals surface area contributed by atoms with Crippen LogP contribution < -0.4 is 5.69 Å². The van der Waals surface area contributed by atoms with Crippen LogP contribution in [0.1, 0.15) is 56.9 Å². The third-order valence-electron chi connectivity index (χ3n) is 7.32. The number of rotatable bonds is 7. The monoisotopic (exact) mass is 513 g/mol. The fourth-order valence-electron chi connectivity index (χ4n) is 5.40. The Kier molecular flexibility index (Phi) is 7.30. The Hall–Kier alpha value is -2.16. The average molecular weight is 514 g/mol. The van der Waals surface area contributed by atoms with Gasteiger partial charge in [-0.3, -0.25) is 4.57 Å². The molecule has 5 rings (SSSR count). The number of aryl methyl sites for hydroxylation is 1. The number of aliphatic imine (C=N–C) groups is 1. The van der Waals surface area contributed by atoms with Gasteiger partial charge in [0.05, 0.1) is 24.6 Å². The second-order valence-electron chi connectivity index (χ2n) is 10.2. The van der Waals surface area contributed by atoms with Gasteiger partial charge in [-0.2, -0.15) is 4.98 Å². The lowest BCUT2D eigenvalue weighted by Crippen LogP contribution is -2.36. The summed E-state index contributed by atoms with van der Waals surface area (Å²) in [6, 6.07) is 10.8. The van der Waals surface area contributed by atoms with E-state index >= 15 is 0 Å². The van der Waals surface area contributed by atoms with E-state index in [1.165, 1.54) is 5.56 Å². The molecule has 1 aromatic carbocycles. The number of hydrogen-bond acceptors (Lipinski definition) is 7. The van der Waals surface area contributed by atoms with E-state index < -0.39 is 20.4 Å². The molecule has 194 valence electrons. The fraction of sp³-hybridized carbons (Fsp3) is 0.577. The van der Waals surface area contributed by atoms with E-state index in [4.69, 9.17) is 13.8 Å². The van der Waals surface area contributed by atoms with Crippen molar-refractivity contribution >= 4 is 20.7 Å². The van der Waals surface area contributed by atoms with Gasteiger partial charge in [0.1, 0.15) is 11.8 Å². The first-order valence-electron chi connectivity index (χ1n) is 12.7. The number of ether oxygens (including phenoxy) is 1. The highest BCUT2D eigenvalue weighted by Crippen LogP contribution is 2.64. The van der Waals surface area contributed by atoms with Crippen LogP contribution in [0.3, 0.4) is 0 Å². The van der Waals surface area contributed by atoms with Crippen LogP contribution in [0.15, 0.2) is 46.3 Å². The smallest absolute Gasteiger partial charge is 0.351 e. The first-order valence-corrected chi connectivity index (χ1v) is 13.9. The molecule has 1 unspecified atom stereocenters. The summed E-state index contributed by atoms with van der Waals surface area (Å²) < 4.78 is 23.7. The maximum atomic E-state index is 12.9. The number of nitrogens with zero attached hydrogens (tertiary/aromatic N) is 5. The molecule has 0 radical (unpaired) electrons. The molecular formula is C26H36N5O4P. The molecule has 0 spiro atoms. The quantitative estimate of drug-likeness (QED) is 0.307. The number of aromatic nitrogens is 2. The highest BCUT2D eigenvalue weighted by molar-refractivity contribution is 7.45. The van der Waals surface area contributed by atoms with Crippen molar-refractivity contribution in [3.63, 3.8) is 0 Å². The summed E-state index contributed by atoms with van der Waals surface area (Å²) in [5.41, 5.74) is 1.24. The Morgan fingerprint density at radius 3 is 2.83 bits per heavy atom. The topological polar surface area (TPSA) is 81.4 Å². The second kappa shape index (κ2) is 10.3. The molecule has 3 aliphatic heterocycles. The number of benzene rings is 1. The summed E-state index contributed by atoms with van der Waals surface area (Å²) in [5, 5.41) is 0. The summed E-state index contributed by atoms with van der Waals surface area (Å²) in [6.45, 7) is 7.16. The van der Waals surface area contributed by atoms with Crippen molar-refractivity contribution in [2.45, 2.75) is 76.5 Å². The van der Waals surface area contributed by atoms with Gasteiger partial charge in [0, 0.05) is 38.8 Å². The van der Waals surface area contributed by atoms with Crippen molar-refractivity contribution in [2.24, 2.45) is 4.99 Å². The van der Waals surface area contributed by atoms with Crippen LogP contribution in [0.25, 0.3) is 0 Å². The Morgan fingerprint density at radius 1 is 1.33 bits per heavy atom. The zero-order valence-corrected chi connectivity index (χ0v) is 22.6. The van der Waals surface area contributed by atoms with Crippen molar-refractivity contribution in [1.82, 2.24) is 19.1 Å². The minimum atomic E-state index is -1.23. The molecule has 0 saturated carbocycles. The molecule has 3 saturated heterocycles. The van der Waals surface area contributed by atoms with Gasteiger partial charge in [-0.15, -0.1) is 0 Å². The zero-order chi connectivity index (χ0) is 25.4. The maximum Gasteiger partial charge on any atom is 0.351 e. The van der Waals surface area contributed by atoms with Crippen molar-refractivity contribution in [1.29, 1.82) is 0 Å². The largest absolute Gasteiger partial charge is 0.369 e. The third-order valence-corrected chi connectivity index (χ3v) is 9.21. The minimum absolute atomic E-state index is 0.121. The molecule has 3 aliphatic rings. The Balaban J connectivity index is 1.34. The Labute approximate surface area is 214 Å². The molecule has 3 fully saturated rings. The molecule has 4 heterocycles. The molecule has 0 amide bonds. The summed E-state index contributed by atoms with van der Waals surface area (Å²) >= 11 is 0. The van der Waals surface area contributed by atoms with E-state index in [1.54, 1.807) is 22.0 Å². The van der Waals surface area contributed by atoms with Crippen molar-refractivity contribution in [3.05, 3.63) is 58.1 Å². The molecular weight excluding hydrogens is 477 g/mol. The van der Waals surface area contributed by atoms with E-state index in [0.29, 0.717) is 18.3 Å². The molecule has 6 atom stereocenters. The lowest BCUT2D eigenvalue weighted by atomic mass is 9.87. The van der Waals surface area contributed by atoms with Gasteiger partial charge < -0.3 is 18.7 Å². The predicted molar refractivity (Wildman–Crippen MR) is 140 cm³/mol. The first kappa shape index (κ1) is 25.5. The second-order valence-corrected chi connectivity index (χ2v) is 11.6. The summed E-state index contributed by atoms with van der Waals surface area (Å²) in [7, 11) is 2.52. The van der Waals surface area contributed by atoms with Gasteiger partial charge in [0.25, 0.3) is 8.53 Å². The molecule has 36 heavy (non-hydrogen) atoms. The lowest BCUT2D eigenvalue weighted by Gasteiger charge is -2.29. The number of hydrogen-bond donors (Lipinski definition) is 0. The standard InChI is InChI=1S/C26H36N5O4P/c1-6-20-21(15-23(33-20)30-16-18(2)24(28-25(30)32)27-17-29(4)5)34-36-31-14-10-13-22(31)26(3,35-36)19-11-8-7-9-12-19/h7-9,11-12,16-17,20-23H,6,10,13-15H2,1-5H3/t20-,21?,22+,23-,26-,36+/m1/s1. The van der Waals surface area contributed by atoms with E-state index in [-0.39, 0.29) is 17.9 Å². The zero-order valence-electron chi connectivity index (χ0n) is 21.7. The van der Waals surface area contributed by atoms with Gasteiger partial charge in [-0.05, 0) is 38.7 Å². The van der Waals surface area contributed by atoms with Crippen molar-refractivity contribution in [3.8, 4) is 0 Å². The van der Waals surface area contributed by atoms with Crippen LogP contribution in [-0.4, -0.2) is 64.3 Å². The SMILES string of the molecule is CC[C@H]1O[C@@H](n2cc(C)c(N=CN(C)C)nc2=O)CC1O[P@@]1O[C@](C)(c2ccccc2)[C@@H]2CCCN21. The molecule has 2 aromatic rings. The number of fused-ring (bicyclic) bond motifs is 1. The molecule has 9 nitrogen and oxygen atoms in total. The third kappa shape index (κ3) is 4.75. The van der Waals surface area contributed by atoms with Gasteiger partial charge in [-0.1, -0.05) is 37.3 Å². The maximum absolute atomic E-state index is 12.9. The van der Waals surface area contributed by atoms with Crippen molar-refractivity contribution in [2.75, 3.05) is 20.6 Å². The molecule has 0 N–H and O–H groups in total. The summed E-state index contributed by atoms with van der Waals surface area (Å²) in [4.78, 5) is 23.2. The van der Waals surface area contributed by atoms with Gasteiger partial charge in [0.15, 0.2) is 5.82 Å². The van der Waals surface area contributed by atoms with Crippen molar-refractivity contribution < 1.29 is 13.8 Å². The van der Waals surface area contributed by atoms with Crippen LogP contribution in [0.2, 0.25) is 0 Å². The van der Waals surface area contributed by atoms with Gasteiger partial charge in [0.2, 0.25) is 0 Å². The van der Waals surface area contributed by atoms with Crippen LogP contribution >= 0.6 is 8.53 Å². The van der Waals surface area contributed by atoms with E-state index in [2.05, 4.69) is 52.8 Å². The highest BCUT2D eigenvalue weighted by Gasteiger charge is 2.56. The van der Waals surface area contributed by atoms with Crippen LogP contribution in [0, 0.1) is 6.92 Å². The van der Waals surface area contributed by atoms with Crippen LogP contribution in [-0.2, 0) is 19.4 Å².